The van der Waals surface area contributed by atoms with Crippen LogP contribution in [0, 0.1) is 13.8 Å². The van der Waals surface area contributed by atoms with E-state index < -0.39 is 6.10 Å². The molecule has 3 unspecified atom stereocenters. The van der Waals surface area contributed by atoms with Crippen molar-refractivity contribution in [3.8, 4) is 5.75 Å². The predicted molar refractivity (Wildman–Crippen MR) is 80.2 cm³/mol. The molecule has 3 N–H and O–H groups in total. The smallest absolute Gasteiger partial charge is 0.125 e. The molecule has 0 spiro atoms. The van der Waals surface area contributed by atoms with Crippen molar-refractivity contribution in [2.75, 3.05) is 7.11 Å². The van der Waals surface area contributed by atoms with Crippen molar-refractivity contribution < 1.29 is 9.84 Å². The van der Waals surface area contributed by atoms with E-state index in [0.717, 1.165) is 27.5 Å². The minimum Gasteiger partial charge on any atom is -0.496 e. The van der Waals surface area contributed by atoms with Crippen LogP contribution in [-0.4, -0.2) is 24.4 Å². The van der Waals surface area contributed by atoms with Crippen molar-refractivity contribution in [3.05, 3.63) is 27.8 Å². The number of benzene rings is 1. The normalized spacial score (nSPS) is 16.0. The summed E-state index contributed by atoms with van der Waals surface area (Å²) in [5, 5.41) is 10.7. The number of methoxy groups -OCH3 is 1. The molecule has 108 valence electrons. The molecule has 0 saturated carbocycles. The molecule has 0 aliphatic rings. The fourth-order valence-corrected chi connectivity index (χ4v) is 2.70. The van der Waals surface area contributed by atoms with Crippen LogP contribution in [0.25, 0.3) is 0 Å². The van der Waals surface area contributed by atoms with Crippen LogP contribution in [0.3, 0.4) is 0 Å². The fourth-order valence-electron chi connectivity index (χ4n) is 2.43. The van der Waals surface area contributed by atoms with Gasteiger partial charge in [0.2, 0.25) is 0 Å². The van der Waals surface area contributed by atoms with Crippen molar-refractivity contribution in [1.29, 1.82) is 0 Å². The lowest BCUT2D eigenvalue weighted by atomic mass is 9.88. The molecule has 1 rings (SSSR count). The summed E-state index contributed by atoms with van der Waals surface area (Å²) in [7, 11) is 1.66. The summed E-state index contributed by atoms with van der Waals surface area (Å²) >= 11 is 6.25. The highest BCUT2D eigenvalue weighted by molar-refractivity contribution is 6.31. The minimum atomic E-state index is -0.529. The van der Waals surface area contributed by atoms with Gasteiger partial charge in [-0.25, -0.2) is 0 Å². The van der Waals surface area contributed by atoms with Crippen LogP contribution in [-0.2, 0) is 0 Å². The van der Waals surface area contributed by atoms with Crippen LogP contribution in [0.1, 0.15) is 42.9 Å². The van der Waals surface area contributed by atoms with Gasteiger partial charge in [0.25, 0.3) is 0 Å². The standard InChI is InChI=1S/C15H24ClNO2/c1-8(7-13(18)11(4)17)14-10(3)12(16)6-9(2)15(14)19-5/h6,8,11,13,18H,7,17H2,1-5H3. The molecule has 0 heterocycles. The summed E-state index contributed by atoms with van der Waals surface area (Å²) in [6.45, 7) is 7.83. The third-order valence-corrected chi connectivity index (χ3v) is 4.00. The van der Waals surface area contributed by atoms with Gasteiger partial charge in [0.05, 0.1) is 13.2 Å². The Morgan fingerprint density at radius 2 is 1.95 bits per heavy atom. The van der Waals surface area contributed by atoms with Gasteiger partial charge in [-0.3, -0.25) is 0 Å². The lowest BCUT2D eigenvalue weighted by molar-refractivity contribution is 0.134. The number of halogens is 1. The van der Waals surface area contributed by atoms with E-state index in [1.165, 1.54) is 0 Å². The maximum absolute atomic E-state index is 9.95. The highest BCUT2D eigenvalue weighted by Gasteiger charge is 2.22. The molecule has 19 heavy (non-hydrogen) atoms. The quantitative estimate of drug-likeness (QED) is 0.874. The molecule has 1 aromatic carbocycles. The molecular formula is C15H24ClNO2. The zero-order valence-electron chi connectivity index (χ0n) is 12.3. The van der Waals surface area contributed by atoms with Gasteiger partial charge in [-0.1, -0.05) is 18.5 Å². The second-order valence-electron chi connectivity index (χ2n) is 5.31. The second kappa shape index (κ2) is 6.60. The third-order valence-electron chi connectivity index (χ3n) is 3.61. The number of rotatable bonds is 5. The zero-order chi connectivity index (χ0) is 14.7. The summed E-state index contributed by atoms with van der Waals surface area (Å²) in [5.41, 5.74) is 8.80. The summed E-state index contributed by atoms with van der Waals surface area (Å²) < 4.78 is 5.50. The van der Waals surface area contributed by atoms with Crippen molar-refractivity contribution >= 4 is 11.6 Å². The second-order valence-corrected chi connectivity index (χ2v) is 5.72. The number of aliphatic hydroxyl groups excluding tert-OH is 1. The third kappa shape index (κ3) is 3.62. The largest absolute Gasteiger partial charge is 0.496 e. The monoisotopic (exact) mass is 285 g/mol. The Bertz CT molecular complexity index is 446. The molecule has 1 aromatic rings. The summed E-state index contributed by atoms with van der Waals surface area (Å²) in [6.07, 6.45) is 0.0626. The van der Waals surface area contributed by atoms with E-state index >= 15 is 0 Å². The van der Waals surface area contributed by atoms with Crippen LogP contribution >= 0.6 is 11.6 Å². The van der Waals surface area contributed by atoms with Gasteiger partial charge in [0.15, 0.2) is 0 Å². The summed E-state index contributed by atoms with van der Waals surface area (Å²) in [4.78, 5) is 0. The average Bonchev–Trinajstić information content (AvgIpc) is 2.32. The van der Waals surface area contributed by atoms with Gasteiger partial charge < -0.3 is 15.6 Å². The summed E-state index contributed by atoms with van der Waals surface area (Å²) in [6, 6.07) is 1.67. The lowest BCUT2D eigenvalue weighted by Crippen LogP contribution is -2.32. The Balaban J connectivity index is 3.17. The molecule has 0 aliphatic heterocycles. The van der Waals surface area contributed by atoms with E-state index in [4.69, 9.17) is 22.1 Å². The SMILES string of the molecule is COc1c(C)cc(Cl)c(C)c1C(C)CC(O)C(C)N. The molecule has 0 radical (unpaired) electrons. The Labute approximate surface area is 120 Å². The Morgan fingerprint density at radius 1 is 1.37 bits per heavy atom. The molecule has 3 atom stereocenters. The van der Waals surface area contributed by atoms with E-state index in [9.17, 15) is 5.11 Å². The molecule has 3 nitrogen and oxygen atoms in total. The molecule has 0 saturated heterocycles. The maximum atomic E-state index is 9.95. The van der Waals surface area contributed by atoms with Gasteiger partial charge in [0, 0.05) is 16.6 Å². The number of aliphatic hydroxyl groups is 1. The van der Waals surface area contributed by atoms with Crippen LogP contribution in [0.2, 0.25) is 5.02 Å². The van der Waals surface area contributed by atoms with Crippen LogP contribution in [0.5, 0.6) is 5.75 Å². The number of hydrogen-bond acceptors (Lipinski definition) is 3. The fraction of sp³-hybridized carbons (Fsp3) is 0.600. The molecule has 4 heteroatoms. The van der Waals surface area contributed by atoms with Gasteiger partial charge >= 0.3 is 0 Å². The maximum Gasteiger partial charge on any atom is 0.125 e. The van der Waals surface area contributed by atoms with Gasteiger partial charge in [-0.2, -0.15) is 0 Å². The van der Waals surface area contributed by atoms with E-state index in [2.05, 4.69) is 6.92 Å². The molecule has 0 bridgehead atoms. The molecule has 0 aromatic heterocycles. The zero-order valence-corrected chi connectivity index (χ0v) is 13.1. The first-order valence-electron chi connectivity index (χ1n) is 6.56. The highest BCUT2D eigenvalue weighted by Crippen LogP contribution is 2.38. The Morgan fingerprint density at radius 3 is 2.42 bits per heavy atom. The van der Waals surface area contributed by atoms with Crippen LogP contribution in [0.4, 0.5) is 0 Å². The summed E-state index contributed by atoms with van der Waals surface area (Å²) in [5.74, 6) is 0.986. The Kier molecular flexibility index (Phi) is 5.65. The highest BCUT2D eigenvalue weighted by atomic mass is 35.5. The number of nitrogens with two attached hydrogens (primary N) is 1. The molecule has 0 aliphatic carbocycles. The molecular weight excluding hydrogens is 262 g/mol. The topological polar surface area (TPSA) is 55.5 Å². The number of ether oxygens (including phenoxy) is 1. The molecule has 0 amide bonds. The van der Waals surface area contributed by atoms with Crippen molar-refractivity contribution in [1.82, 2.24) is 0 Å². The van der Waals surface area contributed by atoms with Gasteiger partial charge in [0.1, 0.15) is 5.75 Å². The van der Waals surface area contributed by atoms with Crippen LogP contribution < -0.4 is 10.5 Å². The van der Waals surface area contributed by atoms with E-state index in [1.54, 1.807) is 7.11 Å². The molecule has 0 fully saturated rings. The first-order chi connectivity index (χ1) is 8.79. The van der Waals surface area contributed by atoms with E-state index in [0.29, 0.717) is 6.42 Å². The van der Waals surface area contributed by atoms with Crippen molar-refractivity contribution in [2.45, 2.75) is 52.2 Å². The predicted octanol–water partition coefficient (Wildman–Crippen LogP) is 3.17. The lowest BCUT2D eigenvalue weighted by Gasteiger charge is -2.24. The van der Waals surface area contributed by atoms with Gasteiger partial charge in [-0.05, 0) is 50.3 Å². The minimum absolute atomic E-state index is 0.133. The van der Waals surface area contributed by atoms with E-state index in [-0.39, 0.29) is 12.0 Å². The van der Waals surface area contributed by atoms with Crippen LogP contribution in [0.15, 0.2) is 6.07 Å². The average molecular weight is 286 g/mol. The first kappa shape index (κ1) is 16.3. The first-order valence-corrected chi connectivity index (χ1v) is 6.94. The van der Waals surface area contributed by atoms with E-state index in [1.807, 2.05) is 26.8 Å². The van der Waals surface area contributed by atoms with Crippen molar-refractivity contribution in [2.24, 2.45) is 5.73 Å². The number of hydrogen-bond donors (Lipinski definition) is 2. The Hall–Kier alpha value is -0.770. The number of aryl methyl sites for hydroxylation is 1. The van der Waals surface area contributed by atoms with Crippen molar-refractivity contribution in [3.63, 3.8) is 0 Å². The van der Waals surface area contributed by atoms with Gasteiger partial charge in [-0.15, -0.1) is 0 Å².